The Labute approximate surface area is 178 Å². The van der Waals surface area contributed by atoms with Gasteiger partial charge >= 0.3 is 6.18 Å². The highest BCUT2D eigenvalue weighted by molar-refractivity contribution is 6.41. The van der Waals surface area contributed by atoms with Gasteiger partial charge in [0.25, 0.3) is 11.5 Å². The molecule has 3 rings (SSSR count). The molecule has 0 aliphatic rings. The summed E-state index contributed by atoms with van der Waals surface area (Å²) in [5.41, 5.74) is -1.89. The third kappa shape index (κ3) is 4.22. The quantitative estimate of drug-likeness (QED) is 0.612. The van der Waals surface area contributed by atoms with E-state index in [9.17, 15) is 22.8 Å². The number of halogens is 5. The smallest absolute Gasteiger partial charge is 0.352 e. The van der Waals surface area contributed by atoms with Gasteiger partial charge in [0.2, 0.25) is 0 Å². The van der Waals surface area contributed by atoms with Crippen molar-refractivity contribution in [3.05, 3.63) is 74.4 Å². The SMILES string of the molecule is CCCNC(=O)c1cnn(-c2ccc(-n3ccc(Cl)c(Cl)c3=O)cc2)c1C(F)(F)F. The second-order valence-corrected chi connectivity index (χ2v) is 7.03. The van der Waals surface area contributed by atoms with Crippen molar-refractivity contribution in [1.29, 1.82) is 0 Å². The second-order valence-electron chi connectivity index (χ2n) is 6.24. The van der Waals surface area contributed by atoms with Crippen molar-refractivity contribution in [2.45, 2.75) is 19.5 Å². The summed E-state index contributed by atoms with van der Waals surface area (Å²) in [6.45, 7) is 2.03. The molecule has 158 valence electrons. The van der Waals surface area contributed by atoms with Crippen molar-refractivity contribution in [2.75, 3.05) is 6.54 Å². The summed E-state index contributed by atoms with van der Waals surface area (Å²) in [4.78, 5) is 24.4. The summed E-state index contributed by atoms with van der Waals surface area (Å²) >= 11 is 11.7. The van der Waals surface area contributed by atoms with Crippen LogP contribution >= 0.6 is 23.2 Å². The van der Waals surface area contributed by atoms with Crippen LogP contribution in [0.5, 0.6) is 0 Å². The Kier molecular flexibility index (Phi) is 6.23. The van der Waals surface area contributed by atoms with Crippen LogP contribution in [0.15, 0.2) is 47.5 Å². The number of carbonyl (C=O) groups is 1. The molecule has 0 aliphatic heterocycles. The van der Waals surface area contributed by atoms with Crippen LogP contribution in [0.4, 0.5) is 13.2 Å². The van der Waals surface area contributed by atoms with Crippen molar-refractivity contribution in [1.82, 2.24) is 19.7 Å². The van der Waals surface area contributed by atoms with E-state index in [4.69, 9.17) is 23.2 Å². The van der Waals surface area contributed by atoms with Crippen LogP contribution in [0.3, 0.4) is 0 Å². The fraction of sp³-hybridized carbons (Fsp3) is 0.211. The van der Waals surface area contributed by atoms with Crippen LogP contribution in [0.2, 0.25) is 10.0 Å². The lowest BCUT2D eigenvalue weighted by Gasteiger charge is -2.13. The molecule has 3 aromatic rings. The van der Waals surface area contributed by atoms with E-state index in [1.165, 1.54) is 41.1 Å². The molecule has 0 saturated carbocycles. The molecule has 0 saturated heterocycles. The van der Waals surface area contributed by atoms with Gasteiger partial charge in [-0.25, -0.2) is 4.68 Å². The Morgan fingerprint density at radius 1 is 1.13 bits per heavy atom. The van der Waals surface area contributed by atoms with E-state index in [0.717, 1.165) is 6.20 Å². The summed E-state index contributed by atoms with van der Waals surface area (Å²) in [5, 5.41) is 6.10. The molecule has 1 aromatic carbocycles. The fourth-order valence-electron chi connectivity index (χ4n) is 2.76. The molecule has 2 aromatic heterocycles. The van der Waals surface area contributed by atoms with E-state index in [-0.39, 0.29) is 22.3 Å². The number of nitrogens with one attached hydrogen (secondary N) is 1. The summed E-state index contributed by atoms with van der Waals surface area (Å²) in [6.07, 6.45) is -1.95. The first-order chi connectivity index (χ1) is 14.1. The fourth-order valence-corrected chi connectivity index (χ4v) is 3.05. The number of nitrogens with zero attached hydrogens (tertiary/aromatic N) is 3. The molecule has 1 N–H and O–H groups in total. The third-order valence-corrected chi connectivity index (χ3v) is 4.95. The Balaban J connectivity index is 2.03. The van der Waals surface area contributed by atoms with Crippen LogP contribution in [-0.4, -0.2) is 26.8 Å². The maximum atomic E-state index is 13.7. The van der Waals surface area contributed by atoms with Gasteiger partial charge < -0.3 is 5.32 Å². The number of aromatic nitrogens is 3. The topological polar surface area (TPSA) is 68.9 Å². The average Bonchev–Trinajstić information content (AvgIpc) is 3.16. The molecule has 30 heavy (non-hydrogen) atoms. The Bertz CT molecular complexity index is 1140. The molecular weight excluding hydrogens is 444 g/mol. The van der Waals surface area contributed by atoms with Crippen molar-refractivity contribution >= 4 is 29.1 Å². The van der Waals surface area contributed by atoms with Gasteiger partial charge in [-0.05, 0) is 36.8 Å². The lowest BCUT2D eigenvalue weighted by molar-refractivity contribution is -0.143. The summed E-state index contributed by atoms with van der Waals surface area (Å²) < 4.78 is 42.9. The molecule has 0 bridgehead atoms. The lowest BCUT2D eigenvalue weighted by atomic mass is 10.2. The minimum atomic E-state index is -4.81. The van der Waals surface area contributed by atoms with E-state index < -0.39 is 28.9 Å². The van der Waals surface area contributed by atoms with Gasteiger partial charge in [0.1, 0.15) is 5.02 Å². The predicted octanol–water partition coefficient (Wildman–Crippen LogP) is 4.49. The molecule has 0 fully saturated rings. The second kappa shape index (κ2) is 8.53. The zero-order chi connectivity index (χ0) is 22.1. The van der Waals surface area contributed by atoms with Crippen LogP contribution in [-0.2, 0) is 6.18 Å². The summed E-state index contributed by atoms with van der Waals surface area (Å²) in [7, 11) is 0. The van der Waals surface area contributed by atoms with E-state index in [1.807, 2.05) is 0 Å². The highest BCUT2D eigenvalue weighted by Crippen LogP contribution is 2.33. The molecule has 11 heteroatoms. The van der Waals surface area contributed by atoms with Gasteiger partial charge in [-0.2, -0.15) is 18.3 Å². The van der Waals surface area contributed by atoms with Gasteiger partial charge in [0, 0.05) is 18.4 Å². The molecule has 0 radical (unpaired) electrons. The molecule has 6 nitrogen and oxygen atoms in total. The number of carbonyl (C=O) groups excluding carboxylic acids is 1. The number of hydrogen-bond donors (Lipinski definition) is 1. The lowest BCUT2D eigenvalue weighted by Crippen LogP contribution is -2.27. The van der Waals surface area contributed by atoms with Gasteiger partial charge in [-0.3, -0.25) is 14.2 Å². The third-order valence-electron chi connectivity index (χ3n) is 4.18. The number of hydrogen-bond acceptors (Lipinski definition) is 3. The van der Waals surface area contributed by atoms with Crippen LogP contribution < -0.4 is 10.9 Å². The monoisotopic (exact) mass is 458 g/mol. The molecule has 0 unspecified atom stereocenters. The normalized spacial score (nSPS) is 11.5. The Morgan fingerprint density at radius 3 is 2.37 bits per heavy atom. The highest BCUT2D eigenvalue weighted by Gasteiger charge is 2.40. The summed E-state index contributed by atoms with van der Waals surface area (Å²) in [6, 6.07) is 6.98. The maximum absolute atomic E-state index is 13.7. The zero-order valence-electron chi connectivity index (χ0n) is 15.5. The van der Waals surface area contributed by atoms with Crippen LogP contribution in [0.25, 0.3) is 11.4 Å². The van der Waals surface area contributed by atoms with E-state index in [1.54, 1.807) is 6.92 Å². The molecule has 1 amide bonds. The van der Waals surface area contributed by atoms with Crippen molar-refractivity contribution in [3.8, 4) is 11.4 Å². The van der Waals surface area contributed by atoms with E-state index in [2.05, 4.69) is 10.4 Å². The maximum Gasteiger partial charge on any atom is 0.434 e. The van der Waals surface area contributed by atoms with Crippen molar-refractivity contribution in [2.24, 2.45) is 0 Å². The van der Waals surface area contributed by atoms with Gasteiger partial charge in [0.05, 0.1) is 22.5 Å². The number of alkyl halides is 3. The Hall–Kier alpha value is -2.78. The van der Waals surface area contributed by atoms with Gasteiger partial charge in [-0.1, -0.05) is 30.1 Å². The first-order valence-electron chi connectivity index (χ1n) is 8.76. The molecule has 2 heterocycles. The van der Waals surface area contributed by atoms with E-state index in [0.29, 0.717) is 16.8 Å². The van der Waals surface area contributed by atoms with Gasteiger partial charge in [-0.15, -0.1) is 0 Å². The molecule has 0 aliphatic carbocycles. The molecule has 0 spiro atoms. The van der Waals surface area contributed by atoms with Crippen LogP contribution in [0, 0.1) is 0 Å². The van der Waals surface area contributed by atoms with Crippen LogP contribution in [0.1, 0.15) is 29.4 Å². The van der Waals surface area contributed by atoms with Crippen molar-refractivity contribution < 1.29 is 18.0 Å². The molecular formula is C19H15Cl2F3N4O2. The highest BCUT2D eigenvalue weighted by atomic mass is 35.5. The Morgan fingerprint density at radius 2 is 1.77 bits per heavy atom. The first-order valence-corrected chi connectivity index (χ1v) is 9.51. The minimum absolute atomic E-state index is 0.0636. The average molecular weight is 459 g/mol. The number of pyridine rings is 1. The minimum Gasteiger partial charge on any atom is -0.352 e. The predicted molar refractivity (Wildman–Crippen MR) is 107 cm³/mol. The van der Waals surface area contributed by atoms with E-state index >= 15 is 0 Å². The summed E-state index contributed by atoms with van der Waals surface area (Å²) in [5.74, 6) is -0.852. The molecule has 0 atom stereocenters. The first kappa shape index (κ1) is 21.9. The number of amides is 1. The largest absolute Gasteiger partial charge is 0.434 e. The number of rotatable bonds is 5. The van der Waals surface area contributed by atoms with Gasteiger partial charge in [0.15, 0.2) is 5.69 Å². The zero-order valence-corrected chi connectivity index (χ0v) is 17.0. The van der Waals surface area contributed by atoms with Crippen molar-refractivity contribution in [3.63, 3.8) is 0 Å². The standard InChI is InChI=1S/C19H15Cl2F3N4O2/c1-2-8-25-17(29)13-10-26-28(16(13)19(22,23)24)12-5-3-11(4-6-12)27-9-7-14(20)15(21)18(27)30/h3-7,9-10H,2,8H2,1H3,(H,25,29). The number of benzene rings is 1.